The number of carbonyl (C=O) groups is 1. The highest BCUT2D eigenvalue weighted by Crippen LogP contribution is 2.20. The summed E-state index contributed by atoms with van der Waals surface area (Å²) in [6.45, 7) is 8.06. The minimum absolute atomic E-state index is 0.642. The Morgan fingerprint density at radius 2 is 2.14 bits per heavy atom. The number of nitrogens with one attached hydrogen (secondary N) is 1. The zero-order valence-corrected chi connectivity index (χ0v) is 14.2. The third kappa shape index (κ3) is 5.24. The summed E-state index contributed by atoms with van der Waals surface area (Å²) in [4.78, 5) is 16.4. The van der Waals surface area contributed by atoms with Crippen LogP contribution in [-0.4, -0.2) is 72.7 Å². The summed E-state index contributed by atoms with van der Waals surface area (Å²) in [7, 11) is 4.27. The molecule has 0 aromatic rings. The molecule has 21 heavy (non-hydrogen) atoms. The summed E-state index contributed by atoms with van der Waals surface area (Å²) in [6, 6.07) is 0.652. The zero-order valence-electron chi connectivity index (χ0n) is 14.2. The number of likely N-dealkylation sites (tertiary alicyclic amines) is 1. The molecule has 1 aliphatic rings. The molecule has 1 fully saturated rings. The molecule has 0 amide bonds. The van der Waals surface area contributed by atoms with Crippen molar-refractivity contribution in [2.45, 2.75) is 57.5 Å². The minimum Gasteiger partial charge on any atom is -0.480 e. The van der Waals surface area contributed by atoms with Crippen molar-refractivity contribution in [1.82, 2.24) is 15.1 Å². The van der Waals surface area contributed by atoms with Gasteiger partial charge in [-0.2, -0.15) is 0 Å². The number of carboxylic acid groups (broad SMARTS) is 1. The van der Waals surface area contributed by atoms with Crippen molar-refractivity contribution in [2.75, 3.05) is 40.3 Å². The van der Waals surface area contributed by atoms with Gasteiger partial charge in [-0.25, -0.2) is 0 Å². The van der Waals surface area contributed by atoms with Gasteiger partial charge in [0.2, 0.25) is 0 Å². The van der Waals surface area contributed by atoms with Crippen LogP contribution in [0.3, 0.4) is 0 Å². The molecular weight excluding hydrogens is 266 g/mol. The van der Waals surface area contributed by atoms with Crippen molar-refractivity contribution in [2.24, 2.45) is 0 Å². The Labute approximate surface area is 129 Å². The number of likely N-dealkylation sites (N-methyl/N-ethyl adjacent to an activating group) is 1. The van der Waals surface area contributed by atoms with E-state index in [-0.39, 0.29) is 0 Å². The van der Waals surface area contributed by atoms with Gasteiger partial charge in [0.1, 0.15) is 5.54 Å². The first-order valence-corrected chi connectivity index (χ1v) is 8.32. The average molecular weight is 299 g/mol. The highest BCUT2D eigenvalue weighted by atomic mass is 16.4. The SMILES string of the molecule is CCCNC(CC)(CCCN1CCC(N(C)C)C1)C(=O)O. The van der Waals surface area contributed by atoms with Gasteiger partial charge in [0.15, 0.2) is 0 Å². The number of nitrogens with zero attached hydrogens (tertiary/aromatic N) is 2. The van der Waals surface area contributed by atoms with Crippen molar-refractivity contribution < 1.29 is 9.90 Å². The largest absolute Gasteiger partial charge is 0.480 e. The summed E-state index contributed by atoms with van der Waals surface area (Å²) in [6.07, 6.45) is 4.48. The van der Waals surface area contributed by atoms with Crippen molar-refractivity contribution in [3.05, 3.63) is 0 Å². The Kier molecular flexibility index (Phi) is 7.63. The molecule has 5 nitrogen and oxygen atoms in total. The van der Waals surface area contributed by atoms with Crippen molar-refractivity contribution in [3.8, 4) is 0 Å². The number of aliphatic carboxylic acids is 1. The van der Waals surface area contributed by atoms with E-state index < -0.39 is 11.5 Å². The van der Waals surface area contributed by atoms with Gasteiger partial charge in [-0.3, -0.25) is 4.79 Å². The molecule has 1 heterocycles. The van der Waals surface area contributed by atoms with Crippen LogP contribution in [0.1, 0.15) is 46.0 Å². The van der Waals surface area contributed by atoms with E-state index >= 15 is 0 Å². The fourth-order valence-electron chi connectivity index (χ4n) is 3.13. The molecule has 1 saturated heterocycles. The lowest BCUT2D eigenvalue weighted by Gasteiger charge is -2.30. The van der Waals surface area contributed by atoms with Gasteiger partial charge < -0.3 is 20.2 Å². The van der Waals surface area contributed by atoms with E-state index in [1.807, 2.05) is 6.92 Å². The molecule has 124 valence electrons. The second kappa shape index (κ2) is 8.71. The van der Waals surface area contributed by atoms with Gasteiger partial charge in [-0.1, -0.05) is 13.8 Å². The molecule has 1 rings (SSSR count). The summed E-state index contributed by atoms with van der Waals surface area (Å²) < 4.78 is 0. The molecule has 2 atom stereocenters. The summed E-state index contributed by atoms with van der Waals surface area (Å²) in [5.74, 6) is -0.703. The van der Waals surface area contributed by atoms with Crippen LogP contribution in [0.25, 0.3) is 0 Å². The second-order valence-corrected chi connectivity index (χ2v) is 6.48. The van der Waals surface area contributed by atoms with Crippen LogP contribution in [0, 0.1) is 0 Å². The standard InChI is InChI=1S/C16H33N3O2/c1-5-10-17-16(6-2,15(20)21)9-7-11-19-12-8-14(13-19)18(3)4/h14,17H,5-13H2,1-4H3,(H,20,21). The Bertz CT molecular complexity index is 323. The van der Waals surface area contributed by atoms with Crippen molar-refractivity contribution in [1.29, 1.82) is 0 Å². The maximum absolute atomic E-state index is 11.6. The Hall–Kier alpha value is -0.650. The van der Waals surface area contributed by atoms with E-state index in [4.69, 9.17) is 0 Å². The first-order chi connectivity index (χ1) is 9.95. The molecule has 0 bridgehead atoms. The average Bonchev–Trinajstić information content (AvgIpc) is 2.91. The monoisotopic (exact) mass is 299 g/mol. The van der Waals surface area contributed by atoms with Crippen LogP contribution < -0.4 is 5.32 Å². The first kappa shape index (κ1) is 18.4. The molecule has 2 unspecified atom stereocenters. The molecule has 0 saturated carbocycles. The lowest BCUT2D eigenvalue weighted by molar-refractivity contribution is -0.145. The molecule has 0 aromatic heterocycles. The molecular formula is C16H33N3O2. The van der Waals surface area contributed by atoms with Crippen molar-refractivity contribution >= 4 is 5.97 Å². The van der Waals surface area contributed by atoms with Crippen LogP contribution in [0.4, 0.5) is 0 Å². The van der Waals surface area contributed by atoms with Gasteiger partial charge in [-0.05, 0) is 65.8 Å². The number of carboxylic acids is 1. The summed E-state index contributed by atoms with van der Waals surface area (Å²) >= 11 is 0. The van der Waals surface area contributed by atoms with Gasteiger partial charge in [-0.15, -0.1) is 0 Å². The van der Waals surface area contributed by atoms with Gasteiger partial charge >= 0.3 is 5.97 Å². The van der Waals surface area contributed by atoms with Crippen LogP contribution >= 0.6 is 0 Å². The topological polar surface area (TPSA) is 55.8 Å². The Morgan fingerprint density at radius 3 is 2.62 bits per heavy atom. The maximum atomic E-state index is 11.6. The third-order valence-corrected chi connectivity index (χ3v) is 4.78. The van der Waals surface area contributed by atoms with Gasteiger partial charge in [0, 0.05) is 12.6 Å². The van der Waals surface area contributed by atoms with Crippen LogP contribution in [-0.2, 0) is 4.79 Å². The molecule has 1 aliphatic heterocycles. The fourth-order valence-corrected chi connectivity index (χ4v) is 3.13. The van der Waals surface area contributed by atoms with Gasteiger partial charge in [0.25, 0.3) is 0 Å². The quantitative estimate of drug-likeness (QED) is 0.642. The molecule has 0 spiro atoms. The van der Waals surface area contributed by atoms with E-state index in [1.165, 1.54) is 6.42 Å². The van der Waals surface area contributed by atoms with E-state index in [9.17, 15) is 9.90 Å². The van der Waals surface area contributed by atoms with E-state index in [2.05, 4.69) is 36.1 Å². The summed E-state index contributed by atoms with van der Waals surface area (Å²) in [5.41, 5.74) is -0.739. The number of rotatable bonds is 10. The zero-order chi connectivity index (χ0) is 15.9. The highest BCUT2D eigenvalue weighted by Gasteiger charge is 2.35. The number of hydrogen-bond acceptors (Lipinski definition) is 4. The van der Waals surface area contributed by atoms with Crippen molar-refractivity contribution in [3.63, 3.8) is 0 Å². The molecule has 0 aliphatic carbocycles. The smallest absolute Gasteiger partial charge is 0.323 e. The van der Waals surface area contributed by atoms with E-state index in [0.717, 1.165) is 39.0 Å². The summed E-state index contributed by atoms with van der Waals surface area (Å²) in [5, 5.41) is 12.8. The Balaban J connectivity index is 2.42. The minimum atomic E-state index is -0.739. The van der Waals surface area contributed by atoms with Crippen LogP contribution in [0.5, 0.6) is 0 Å². The normalized spacial score (nSPS) is 22.6. The van der Waals surface area contributed by atoms with Crippen LogP contribution in [0.15, 0.2) is 0 Å². The lowest BCUT2D eigenvalue weighted by atomic mass is 9.90. The Morgan fingerprint density at radius 1 is 1.43 bits per heavy atom. The van der Waals surface area contributed by atoms with Gasteiger partial charge in [0.05, 0.1) is 0 Å². The number of hydrogen-bond donors (Lipinski definition) is 2. The van der Waals surface area contributed by atoms with E-state index in [1.54, 1.807) is 0 Å². The fraction of sp³-hybridized carbons (Fsp3) is 0.938. The molecule has 2 N–H and O–H groups in total. The lowest BCUT2D eigenvalue weighted by Crippen LogP contribution is -2.52. The third-order valence-electron chi connectivity index (χ3n) is 4.78. The highest BCUT2D eigenvalue weighted by molar-refractivity contribution is 5.78. The first-order valence-electron chi connectivity index (χ1n) is 8.32. The molecule has 0 radical (unpaired) electrons. The van der Waals surface area contributed by atoms with Crippen LogP contribution in [0.2, 0.25) is 0 Å². The molecule has 0 aromatic carbocycles. The predicted molar refractivity (Wildman–Crippen MR) is 86.7 cm³/mol. The predicted octanol–water partition coefficient (Wildman–Crippen LogP) is 1.64. The van der Waals surface area contributed by atoms with E-state index in [0.29, 0.717) is 18.9 Å². The second-order valence-electron chi connectivity index (χ2n) is 6.48. The maximum Gasteiger partial charge on any atom is 0.323 e. The molecule has 5 heteroatoms.